The van der Waals surface area contributed by atoms with Crippen molar-refractivity contribution in [3.8, 4) is 11.4 Å². The van der Waals surface area contributed by atoms with Gasteiger partial charge < -0.3 is 15.0 Å². The van der Waals surface area contributed by atoms with Crippen molar-refractivity contribution < 1.29 is 14.7 Å². The van der Waals surface area contributed by atoms with Crippen LogP contribution in [-0.4, -0.2) is 60.4 Å². The fourth-order valence-corrected chi connectivity index (χ4v) is 3.50. The summed E-state index contributed by atoms with van der Waals surface area (Å²) in [5.74, 6) is -0.273. The number of β-amino-alcohol motifs (C(OH)–C–C–N with tert-alkyl or cyclic N) is 1. The van der Waals surface area contributed by atoms with Gasteiger partial charge in [-0.15, -0.1) is 5.10 Å². The van der Waals surface area contributed by atoms with Crippen LogP contribution in [0.25, 0.3) is 11.4 Å². The molecule has 1 fully saturated rings. The molecule has 1 amide bonds. The first kappa shape index (κ1) is 18.3. The Bertz CT molecular complexity index is 768. The standard InChI is InChI=1S/C18H25N5O3/c1-4-16(25)15-8-12(24)9-22(15)18(26)17(11(2)3)23-10-14(20-21-23)13-6-5-7-19-13/h5-7,10-12,15,17,19,24H,4,8-9H2,1-3H3/t12-,15+,17+/m1/s1. The van der Waals surface area contributed by atoms with Gasteiger partial charge >= 0.3 is 0 Å². The molecule has 140 valence electrons. The van der Waals surface area contributed by atoms with Crippen LogP contribution in [0.3, 0.4) is 0 Å². The van der Waals surface area contributed by atoms with Crippen LogP contribution in [0.15, 0.2) is 24.5 Å². The number of amides is 1. The first-order chi connectivity index (χ1) is 12.4. The third-order valence-electron chi connectivity index (χ3n) is 4.84. The van der Waals surface area contributed by atoms with Crippen molar-refractivity contribution in [1.82, 2.24) is 24.9 Å². The lowest BCUT2D eigenvalue weighted by Gasteiger charge is -2.29. The predicted molar refractivity (Wildman–Crippen MR) is 95.1 cm³/mol. The van der Waals surface area contributed by atoms with Crippen LogP contribution in [0.1, 0.15) is 39.7 Å². The molecule has 3 atom stereocenters. The minimum atomic E-state index is -0.669. The largest absolute Gasteiger partial charge is 0.391 e. The summed E-state index contributed by atoms with van der Waals surface area (Å²) < 4.78 is 1.56. The maximum absolute atomic E-state index is 13.2. The first-order valence-corrected chi connectivity index (χ1v) is 8.99. The van der Waals surface area contributed by atoms with Gasteiger partial charge in [0.2, 0.25) is 5.91 Å². The molecule has 0 saturated carbocycles. The maximum Gasteiger partial charge on any atom is 0.248 e. The summed E-state index contributed by atoms with van der Waals surface area (Å²) in [6.07, 6.45) is 3.50. The zero-order valence-electron chi connectivity index (χ0n) is 15.3. The van der Waals surface area contributed by atoms with Crippen LogP contribution in [0.5, 0.6) is 0 Å². The molecule has 1 aliphatic rings. The molecular weight excluding hydrogens is 334 g/mol. The SMILES string of the molecule is CCC(=O)[C@@H]1C[C@@H](O)CN1C(=O)[C@H](C(C)C)n1cc(-c2ccc[nH]2)nn1. The van der Waals surface area contributed by atoms with Gasteiger partial charge in [0.05, 0.1) is 24.0 Å². The lowest BCUT2D eigenvalue weighted by atomic mass is 10.0. The summed E-state index contributed by atoms with van der Waals surface area (Å²) in [7, 11) is 0. The number of hydrogen-bond donors (Lipinski definition) is 2. The number of ketones is 1. The summed E-state index contributed by atoms with van der Waals surface area (Å²) >= 11 is 0. The maximum atomic E-state index is 13.2. The molecule has 8 heteroatoms. The third kappa shape index (κ3) is 3.41. The van der Waals surface area contributed by atoms with Crippen LogP contribution >= 0.6 is 0 Å². The van der Waals surface area contributed by atoms with Crippen molar-refractivity contribution in [2.75, 3.05) is 6.54 Å². The Balaban J connectivity index is 1.88. The Hall–Kier alpha value is -2.48. The Kier molecular flexibility index (Phi) is 5.22. The monoisotopic (exact) mass is 359 g/mol. The van der Waals surface area contributed by atoms with Gasteiger partial charge in [-0.2, -0.15) is 0 Å². The number of likely N-dealkylation sites (tertiary alicyclic amines) is 1. The number of nitrogens with zero attached hydrogens (tertiary/aromatic N) is 4. The topological polar surface area (TPSA) is 104 Å². The van der Waals surface area contributed by atoms with Crippen molar-refractivity contribution in [3.05, 3.63) is 24.5 Å². The van der Waals surface area contributed by atoms with Crippen molar-refractivity contribution in [3.63, 3.8) is 0 Å². The molecule has 1 saturated heterocycles. The van der Waals surface area contributed by atoms with Gasteiger partial charge in [-0.1, -0.05) is 26.0 Å². The van der Waals surface area contributed by atoms with E-state index in [2.05, 4.69) is 15.3 Å². The first-order valence-electron chi connectivity index (χ1n) is 8.99. The molecule has 0 aromatic carbocycles. The molecule has 8 nitrogen and oxygen atoms in total. The third-order valence-corrected chi connectivity index (χ3v) is 4.84. The lowest BCUT2D eigenvalue weighted by molar-refractivity contribution is -0.141. The van der Waals surface area contributed by atoms with Gasteiger partial charge in [0.25, 0.3) is 0 Å². The number of Topliss-reactive ketones (excluding diaryl/α,β-unsaturated/α-hetero) is 1. The van der Waals surface area contributed by atoms with Crippen molar-refractivity contribution in [2.24, 2.45) is 5.92 Å². The fraction of sp³-hybridized carbons (Fsp3) is 0.556. The minimum Gasteiger partial charge on any atom is -0.391 e. The van der Waals surface area contributed by atoms with Crippen LogP contribution in [0.4, 0.5) is 0 Å². The molecule has 0 aliphatic carbocycles. The molecule has 2 N–H and O–H groups in total. The number of aliphatic hydroxyl groups is 1. The molecule has 1 aliphatic heterocycles. The van der Waals surface area contributed by atoms with Gasteiger partial charge in [-0.3, -0.25) is 9.59 Å². The molecule has 0 spiro atoms. The second-order valence-corrected chi connectivity index (χ2v) is 7.07. The van der Waals surface area contributed by atoms with Gasteiger partial charge in [-0.05, 0) is 18.1 Å². The van der Waals surface area contributed by atoms with Gasteiger partial charge in [0.15, 0.2) is 5.78 Å². The summed E-state index contributed by atoms with van der Waals surface area (Å²) in [6, 6.07) is 2.61. The lowest BCUT2D eigenvalue weighted by Crippen LogP contribution is -2.45. The van der Waals surface area contributed by atoms with Gasteiger partial charge in [-0.25, -0.2) is 4.68 Å². The van der Waals surface area contributed by atoms with Crippen LogP contribution in [0.2, 0.25) is 0 Å². The van der Waals surface area contributed by atoms with Crippen LogP contribution < -0.4 is 0 Å². The number of nitrogens with one attached hydrogen (secondary N) is 1. The number of carbonyl (C=O) groups is 2. The van der Waals surface area contributed by atoms with Crippen LogP contribution in [0, 0.1) is 5.92 Å². The smallest absolute Gasteiger partial charge is 0.248 e. The molecule has 0 bridgehead atoms. The average Bonchev–Trinajstić information content (AvgIpc) is 3.33. The van der Waals surface area contributed by atoms with E-state index in [4.69, 9.17) is 0 Å². The number of hydrogen-bond acceptors (Lipinski definition) is 5. The van der Waals surface area contributed by atoms with Crippen molar-refractivity contribution in [2.45, 2.75) is 51.8 Å². The van der Waals surface area contributed by atoms with E-state index in [9.17, 15) is 14.7 Å². The van der Waals surface area contributed by atoms with Crippen molar-refractivity contribution >= 4 is 11.7 Å². The van der Waals surface area contributed by atoms with E-state index in [0.717, 1.165) is 5.69 Å². The Morgan fingerprint density at radius 3 is 2.81 bits per heavy atom. The van der Waals surface area contributed by atoms with Gasteiger partial charge in [0, 0.05) is 25.6 Å². The number of rotatable bonds is 6. The second kappa shape index (κ2) is 7.41. The van der Waals surface area contributed by atoms with Gasteiger partial charge in [0.1, 0.15) is 11.7 Å². The highest BCUT2D eigenvalue weighted by atomic mass is 16.3. The highest BCUT2D eigenvalue weighted by Crippen LogP contribution is 2.28. The molecule has 2 aromatic rings. The van der Waals surface area contributed by atoms with E-state index >= 15 is 0 Å². The highest BCUT2D eigenvalue weighted by Gasteiger charge is 2.41. The predicted octanol–water partition coefficient (Wildman–Crippen LogP) is 1.41. The zero-order valence-corrected chi connectivity index (χ0v) is 15.3. The Morgan fingerprint density at radius 1 is 1.42 bits per heavy atom. The number of aromatic nitrogens is 4. The van der Waals surface area contributed by atoms with E-state index in [0.29, 0.717) is 18.5 Å². The van der Waals surface area contributed by atoms with E-state index < -0.39 is 18.2 Å². The highest BCUT2D eigenvalue weighted by molar-refractivity contribution is 5.91. The second-order valence-electron chi connectivity index (χ2n) is 7.07. The Labute approximate surface area is 152 Å². The molecule has 26 heavy (non-hydrogen) atoms. The molecule has 2 aromatic heterocycles. The van der Waals surface area contributed by atoms with Crippen molar-refractivity contribution in [1.29, 1.82) is 0 Å². The fourth-order valence-electron chi connectivity index (χ4n) is 3.50. The zero-order chi connectivity index (χ0) is 18.8. The van der Waals surface area contributed by atoms with E-state index in [1.54, 1.807) is 24.0 Å². The summed E-state index contributed by atoms with van der Waals surface area (Å²) in [5.41, 5.74) is 1.47. The quantitative estimate of drug-likeness (QED) is 0.811. The van der Waals surface area contributed by atoms with E-state index in [1.807, 2.05) is 26.0 Å². The number of aromatic amines is 1. The molecule has 3 rings (SSSR count). The normalized spacial score (nSPS) is 21.3. The number of H-pyrrole nitrogens is 1. The van der Waals surface area contributed by atoms with E-state index in [1.165, 1.54) is 4.90 Å². The minimum absolute atomic E-state index is 0.0249. The summed E-state index contributed by atoms with van der Waals surface area (Å²) in [6.45, 7) is 5.82. The van der Waals surface area contributed by atoms with Crippen LogP contribution in [-0.2, 0) is 9.59 Å². The summed E-state index contributed by atoms with van der Waals surface area (Å²) in [5, 5.41) is 18.3. The Morgan fingerprint density at radius 2 is 2.19 bits per heavy atom. The molecule has 3 heterocycles. The molecule has 0 unspecified atom stereocenters. The molecular formula is C18H25N5O3. The number of aliphatic hydroxyl groups excluding tert-OH is 1. The molecule has 0 radical (unpaired) electrons. The average molecular weight is 359 g/mol. The summed E-state index contributed by atoms with van der Waals surface area (Å²) in [4.78, 5) is 30.0. The van der Waals surface area contributed by atoms with E-state index in [-0.39, 0.29) is 24.2 Å². The number of carbonyl (C=O) groups excluding carboxylic acids is 2.